The molecule has 3 aromatic rings. The first kappa shape index (κ1) is 24.5. The van der Waals surface area contributed by atoms with Crippen molar-refractivity contribution in [1.29, 1.82) is 0 Å². The maximum Gasteiger partial charge on any atom is 0.170 e. The minimum atomic E-state index is -0.0582. The van der Waals surface area contributed by atoms with Gasteiger partial charge in [0.15, 0.2) is 5.11 Å². The van der Waals surface area contributed by atoms with Gasteiger partial charge in [-0.25, -0.2) is 0 Å². The minimum Gasteiger partial charge on any atom is -0.379 e. The third kappa shape index (κ3) is 4.80. The predicted molar refractivity (Wildman–Crippen MR) is 145 cm³/mol. The standard InChI is InChI=1S/C26H29Cl2N5OS/c1-17-16-19(18(2)33(17)22-8-5-6-20(27)23(22)28)25-24(21-7-3-4-9-29-21)30-26(35)32(25)11-10-31-12-14-34-15-13-31/h3-9,16,24-25H,10-15H2,1-2H3,(H,30,35)/t24-,25+/m0/s1. The summed E-state index contributed by atoms with van der Waals surface area (Å²) in [5, 5.41) is 5.41. The van der Waals surface area contributed by atoms with Crippen molar-refractivity contribution in [2.75, 3.05) is 39.4 Å². The van der Waals surface area contributed by atoms with E-state index in [0.717, 1.165) is 67.3 Å². The van der Waals surface area contributed by atoms with E-state index in [-0.39, 0.29) is 12.1 Å². The molecule has 0 aliphatic carbocycles. The highest BCUT2D eigenvalue weighted by molar-refractivity contribution is 7.80. The Labute approximate surface area is 221 Å². The van der Waals surface area contributed by atoms with E-state index in [4.69, 9.17) is 40.2 Å². The van der Waals surface area contributed by atoms with Crippen molar-refractivity contribution in [1.82, 2.24) is 24.7 Å². The Morgan fingerprint density at radius 3 is 2.63 bits per heavy atom. The highest BCUT2D eigenvalue weighted by Crippen LogP contribution is 2.42. The number of rotatable bonds is 6. The largest absolute Gasteiger partial charge is 0.379 e. The summed E-state index contributed by atoms with van der Waals surface area (Å²) >= 11 is 18.9. The van der Waals surface area contributed by atoms with Crippen LogP contribution >= 0.6 is 35.4 Å². The van der Waals surface area contributed by atoms with Crippen LogP contribution in [0.2, 0.25) is 10.0 Å². The normalized spacial score (nSPS) is 20.9. The van der Waals surface area contributed by atoms with Crippen LogP contribution in [0.3, 0.4) is 0 Å². The van der Waals surface area contributed by atoms with Gasteiger partial charge in [-0.15, -0.1) is 0 Å². The first-order chi connectivity index (χ1) is 17.0. The van der Waals surface area contributed by atoms with Crippen LogP contribution in [-0.4, -0.2) is 63.9 Å². The average molecular weight is 531 g/mol. The number of thiocarbonyl (C=S) groups is 1. The lowest BCUT2D eigenvalue weighted by Gasteiger charge is -2.32. The molecular formula is C26H29Cl2N5OS. The number of halogens is 2. The highest BCUT2D eigenvalue weighted by Gasteiger charge is 2.41. The molecule has 9 heteroatoms. The second-order valence-electron chi connectivity index (χ2n) is 9.01. The molecular weight excluding hydrogens is 501 g/mol. The Balaban J connectivity index is 1.55. The number of pyridine rings is 1. The van der Waals surface area contributed by atoms with E-state index in [1.54, 1.807) is 0 Å². The second kappa shape index (κ2) is 10.4. The Bertz CT molecular complexity index is 1210. The van der Waals surface area contributed by atoms with Crippen LogP contribution < -0.4 is 5.32 Å². The van der Waals surface area contributed by atoms with E-state index in [0.29, 0.717) is 10.0 Å². The number of ether oxygens (including phenoxy) is 1. The zero-order valence-corrected chi connectivity index (χ0v) is 22.2. The number of hydrogen-bond acceptors (Lipinski definition) is 4. The van der Waals surface area contributed by atoms with Gasteiger partial charge in [0.1, 0.15) is 0 Å². The van der Waals surface area contributed by atoms with Gasteiger partial charge in [-0.1, -0.05) is 35.3 Å². The van der Waals surface area contributed by atoms with Crippen molar-refractivity contribution in [3.8, 4) is 5.69 Å². The second-order valence-corrected chi connectivity index (χ2v) is 10.2. The van der Waals surface area contributed by atoms with Crippen molar-refractivity contribution in [3.05, 3.63) is 81.4 Å². The summed E-state index contributed by atoms with van der Waals surface area (Å²) in [6.45, 7) is 9.44. The summed E-state index contributed by atoms with van der Waals surface area (Å²) in [5.74, 6) is 0. The number of aryl methyl sites for hydroxylation is 1. The SMILES string of the molecule is Cc1cc([C@@H]2[C@H](c3ccccn3)NC(=S)N2CCN2CCOCC2)c(C)n1-c1cccc(Cl)c1Cl. The molecule has 0 spiro atoms. The number of morpholine rings is 1. The van der Waals surface area contributed by atoms with E-state index < -0.39 is 0 Å². The van der Waals surface area contributed by atoms with Gasteiger partial charge in [0.2, 0.25) is 0 Å². The molecule has 2 fully saturated rings. The van der Waals surface area contributed by atoms with Gasteiger partial charge in [0.25, 0.3) is 0 Å². The molecule has 6 nitrogen and oxygen atoms in total. The zero-order chi connectivity index (χ0) is 24.5. The van der Waals surface area contributed by atoms with Crippen LogP contribution in [0.15, 0.2) is 48.7 Å². The van der Waals surface area contributed by atoms with E-state index in [2.05, 4.69) is 50.6 Å². The first-order valence-electron chi connectivity index (χ1n) is 11.9. The molecule has 2 aliphatic rings. The molecule has 2 aliphatic heterocycles. The summed E-state index contributed by atoms with van der Waals surface area (Å²) in [4.78, 5) is 9.43. The Kier molecular flexibility index (Phi) is 7.32. The predicted octanol–water partition coefficient (Wildman–Crippen LogP) is 5.10. The number of benzene rings is 1. The lowest BCUT2D eigenvalue weighted by molar-refractivity contribution is 0.0350. The number of nitrogens with one attached hydrogen (secondary N) is 1. The molecule has 35 heavy (non-hydrogen) atoms. The molecule has 0 unspecified atom stereocenters. The van der Waals surface area contributed by atoms with Gasteiger partial charge < -0.3 is 19.5 Å². The highest BCUT2D eigenvalue weighted by atomic mass is 35.5. The van der Waals surface area contributed by atoms with E-state index >= 15 is 0 Å². The van der Waals surface area contributed by atoms with E-state index in [1.165, 1.54) is 5.56 Å². The third-order valence-corrected chi connectivity index (χ3v) is 8.08. The van der Waals surface area contributed by atoms with Crippen LogP contribution in [0.25, 0.3) is 5.69 Å². The summed E-state index contributed by atoms with van der Waals surface area (Å²) < 4.78 is 7.71. The van der Waals surface area contributed by atoms with Crippen molar-refractivity contribution < 1.29 is 4.74 Å². The van der Waals surface area contributed by atoms with Crippen LogP contribution in [0, 0.1) is 13.8 Å². The maximum atomic E-state index is 6.63. The fraction of sp³-hybridized carbons (Fsp3) is 0.385. The molecule has 1 aromatic carbocycles. The van der Waals surface area contributed by atoms with Crippen molar-refractivity contribution in [2.45, 2.75) is 25.9 Å². The molecule has 5 rings (SSSR count). The van der Waals surface area contributed by atoms with Gasteiger partial charge >= 0.3 is 0 Å². The average Bonchev–Trinajstić information content (AvgIpc) is 3.35. The molecule has 0 radical (unpaired) electrons. The molecule has 1 N–H and O–H groups in total. The lowest BCUT2D eigenvalue weighted by Crippen LogP contribution is -2.42. The molecule has 0 bridgehead atoms. The van der Waals surface area contributed by atoms with Crippen molar-refractivity contribution >= 4 is 40.5 Å². The third-order valence-electron chi connectivity index (χ3n) is 6.92. The molecule has 2 atom stereocenters. The Hall–Kier alpha value is -2.16. The van der Waals surface area contributed by atoms with E-state index in [9.17, 15) is 0 Å². The van der Waals surface area contributed by atoms with Crippen LogP contribution in [0.4, 0.5) is 0 Å². The topological polar surface area (TPSA) is 45.6 Å². The minimum absolute atomic E-state index is 0.00338. The summed E-state index contributed by atoms with van der Waals surface area (Å²) in [6, 6.07) is 13.9. The number of hydrogen-bond donors (Lipinski definition) is 1. The molecule has 2 saturated heterocycles. The van der Waals surface area contributed by atoms with Gasteiger partial charge in [-0.2, -0.15) is 0 Å². The van der Waals surface area contributed by atoms with Crippen molar-refractivity contribution in [2.24, 2.45) is 0 Å². The Morgan fingerprint density at radius 1 is 1.09 bits per heavy atom. The fourth-order valence-corrected chi connectivity index (χ4v) is 5.89. The number of aromatic nitrogens is 2. The zero-order valence-electron chi connectivity index (χ0n) is 19.9. The fourth-order valence-electron chi connectivity index (χ4n) is 5.18. The molecule has 184 valence electrons. The number of nitrogens with zero attached hydrogens (tertiary/aromatic N) is 4. The van der Waals surface area contributed by atoms with Crippen LogP contribution in [0.1, 0.15) is 34.7 Å². The van der Waals surface area contributed by atoms with Gasteiger partial charge in [-0.05, 0) is 62.0 Å². The molecule has 0 amide bonds. The van der Waals surface area contributed by atoms with Crippen LogP contribution in [0.5, 0.6) is 0 Å². The van der Waals surface area contributed by atoms with Crippen molar-refractivity contribution in [3.63, 3.8) is 0 Å². The molecule has 2 aromatic heterocycles. The summed E-state index contributed by atoms with van der Waals surface area (Å²) in [6.07, 6.45) is 1.84. The van der Waals surface area contributed by atoms with Crippen LogP contribution in [-0.2, 0) is 4.74 Å². The van der Waals surface area contributed by atoms with Gasteiger partial charge in [0, 0.05) is 43.8 Å². The van der Waals surface area contributed by atoms with Gasteiger partial charge in [0.05, 0.1) is 46.7 Å². The monoisotopic (exact) mass is 529 g/mol. The van der Waals surface area contributed by atoms with E-state index in [1.807, 2.05) is 36.5 Å². The summed E-state index contributed by atoms with van der Waals surface area (Å²) in [7, 11) is 0. The lowest BCUT2D eigenvalue weighted by atomic mass is 9.96. The first-order valence-corrected chi connectivity index (χ1v) is 13.0. The molecule has 4 heterocycles. The quantitative estimate of drug-likeness (QED) is 0.448. The molecule has 0 saturated carbocycles. The Morgan fingerprint density at radius 2 is 1.89 bits per heavy atom. The smallest absolute Gasteiger partial charge is 0.170 e. The summed E-state index contributed by atoms with van der Waals surface area (Å²) in [5.41, 5.74) is 5.25. The van der Waals surface area contributed by atoms with Gasteiger partial charge in [-0.3, -0.25) is 9.88 Å². The maximum absolute atomic E-state index is 6.63.